The summed E-state index contributed by atoms with van der Waals surface area (Å²) in [6, 6.07) is 2.98. The number of phenols is 1. The van der Waals surface area contributed by atoms with Crippen molar-refractivity contribution < 1.29 is 9.50 Å². The normalized spacial score (nSPS) is 10.9. The third-order valence-electron chi connectivity index (χ3n) is 1.85. The van der Waals surface area contributed by atoms with E-state index in [-0.39, 0.29) is 5.75 Å². The van der Waals surface area contributed by atoms with Gasteiger partial charge in [-0.15, -0.1) is 23.1 Å². The molecular formula is C9H7FOS2. The molecule has 4 heteroatoms. The molecule has 1 N–H and O–H groups in total. The van der Waals surface area contributed by atoms with E-state index in [9.17, 15) is 9.50 Å². The molecule has 0 saturated heterocycles. The molecule has 13 heavy (non-hydrogen) atoms. The molecule has 68 valence electrons. The third kappa shape index (κ3) is 1.30. The van der Waals surface area contributed by atoms with E-state index in [0.717, 1.165) is 9.60 Å². The molecule has 0 spiro atoms. The summed E-state index contributed by atoms with van der Waals surface area (Å²) in [7, 11) is 0. The molecular weight excluding hydrogens is 207 g/mol. The van der Waals surface area contributed by atoms with Crippen LogP contribution in [-0.4, -0.2) is 11.4 Å². The summed E-state index contributed by atoms with van der Waals surface area (Å²) >= 11 is 3.03. The molecule has 2 rings (SSSR count). The second kappa shape index (κ2) is 3.20. The summed E-state index contributed by atoms with van der Waals surface area (Å²) in [6.07, 6.45) is 1.91. The lowest BCUT2D eigenvalue weighted by atomic mass is 10.2. The fourth-order valence-corrected chi connectivity index (χ4v) is 3.04. The molecule has 0 unspecified atom stereocenters. The van der Waals surface area contributed by atoms with Gasteiger partial charge in [0.25, 0.3) is 0 Å². The largest absolute Gasteiger partial charge is 0.504 e. The second-order valence-corrected chi connectivity index (χ2v) is 4.33. The van der Waals surface area contributed by atoms with Crippen molar-refractivity contribution in [3.8, 4) is 5.75 Å². The Hall–Kier alpha value is -0.740. The summed E-state index contributed by atoms with van der Waals surface area (Å²) in [5.41, 5.74) is 0. The number of halogens is 1. The fourth-order valence-electron chi connectivity index (χ4n) is 1.21. The summed E-state index contributed by atoms with van der Waals surface area (Å²) in [5.74, 6) is -0.788. The smallest absolute Gasteiger partial charge is 0.165 e. The average Bonchev–Trinajstić information content (AvgIpc) is 2.55. The number of aromatic hydroxyl groups is 1. The SMILES string of the molecule is CSc1csc2ccc(F)c(O)c12. The Bertz CT molecular complexity index is 450. The molecule has 1 aromatic carbocycles. The van der Waals surface area contributed by atoms with Crippen molar-refractivity contribution in [2.75, 3.05) is 6.26 Å². The van der Waals surface area contributed by atoms with Crippen molar-refractivity contribution >= 4 is 33.2 Å². The maximum atomic E-state index is 13.0. The Morgan fingerprint density at radius 2 is 2.23 bits per heavy atom. The van der Waals surface area contributed by atoms with E-state index in [0.29, 0.717) is 5.39 Å². The van der Waals surface area contributed by atoms with Crippen LogP contribution in [0.2, 0.25) is 0 Å². The molecule has 1 aromatic heterocycles. The van der Waals surface area contributed by atoms with Crippen LogP contribution < -0.4 is 0 Å². The van der Waals surface area contributed by atoms with E-state index in [1.165, 1.54) is 29.2 Å². The van der Waals surface area contributed by atoms with Crippen LogP contribution >= 0.6 is 23.1 Å². The van der Waals surface area contributed by atoms with Crippen molar-refractivity contribution in [3.63, 3.8) is 0 Å². The fraction of sp³-hybridized carbons (Fsp3) is 0.111. The number of hydrogen-bond acceptors (Lipinski definition) is 3. The summed E-state index contributed by atoms with van der Waals surface area (Å²) < 4.78 is 13.9. The van der Waals surface area contributed by atoms with Gasteiger partial charge in [-0.25, -0.2) is 4.39 Å². The number of fused-ring (bicyclic) bond motifs is 1. The standard InChI is InChI=1S/C9H7FOS2/c1-12-7-4-13-6-3-2-5(10)9(11)8(6)7/h2-4,11H,1H3. The van der Waals surface area contributed by atoms with Crippen molar-refractivity contribution in [3.05, 3.63) is 23.3 Å². The minimum absolute atomic E-state index is 0.233. The lowest BCUT2D eigenvalue weighted by molar-refractivity contribution is 0.438. The van der Waals surface area contributed by atoms with Gasteiger partial charge < -0.3 is 5.11 Å². The topological polar surface area (TPSA) is 20.2 Å². The van der Waals surface area contributed by atoms with E-state index < -0.39 is 5.82 Å². The number of hydrogen-bond donors (Lipinski definition) is 1. The maximum Gasteiger partial charge on any atom is 0.165 e. The monoisotopic (exact) mass is 214 g/mol. The van der Waals surface area contributed by atoms with Crippen LogP contribution in [0.5, 0.6) is 5.75 Å². The lowest BCUT2D eigenvalue weighted by Crippen LogP contribution is -1.76. The third-order valence-corrected chi connectivity index (χ3v) is 3.71. The lowest BCUT2D eigenvalue weighted by Gasteiger charge is -1.98. The zero-order chi connectivity index (χ0) is 9.42. The van der Waals surface area contributed by atoms with Gasteiger partial charge in [-0.3, -0.25) is 0 Å². The Morgan fingerprint density at radius 1 is 1.46 bits per heavy atom. The van der Waals surface area contributed by atoms with E-state index >= 15 is 0 Å². The predicted molar refractivity (Wildman–Crippen MR) is 55.2 cm³/mol. The van der Waals surface area contributed by atoms with E-state index in [1.54, 1.807) is 6.07 Å². The number of benzene rings is 1. The Morgan fingerprint density at radius 3 is 2.92 bits per heavy atom. The van der Waals surface area contributed by atoms with Crippen LogP contribution in [0.3, 0.4) is 0 Å². The first-order valence-corrected chi connectivity index (χ1v) is 5.77. The highest BCUT2D eigenvalue weighted by atomic mass is 32.2. The Labute approximate surface area is 83.2 Å². The van der Waals surface area contributed by atoms with Gasteiger partial charge in [-0.2, -0.15) is 0 Å². The van der Waals surface area contributed by atoms with Gasteiger partial charge in [-0.1, -0.05) is 0 Å². The molecule has 0 fully saturated rings. The van der Waals surface area contributed by atoms with Gasteiger partial charge in [-0.05, 0) is 18.4 Å². The Kier molecular flexibility index (Phi) is 2.17. The molecule has 0 aliphatic rings. The molecule has 2 aromatic rings. The van der Waals surface area contributed by atoms with Crippen molar-refractivity contribution in [1.82, 2.24) is 0 Å². The number of thiophene rings is 1. The van der Waals surface area contributed by atoms with Crippen LogP contribution in [0.25, 0.3) is 10.1 Å². The molecule has 0 atom stereocenters. The average molecular weight is 214 g/mol. The van der Waals surface area contributed by atoms with E-state index in [2.05, 4.69) is 0 Å². The number of thioether (sulfide) groups is 1. The highest BCUT2D eigenvalue weighted by Gasteiger charge is 2.11. The number of phenolic OH excluding ortho intramolecular Hbond substituents is 1. The molecule has 1 nitrogen and oxygen atoms in total. The van der Waals surface area contributed by atoms with Gasteiger partial charge in [0.05, 0.1) is 5.39 Å². The predicted octanol–water partition coefficient (Wildman–Crippen LogP) is 3.47. The van der Waals surface area contributed by atoms with Crippen LogP contribution in [-0.2, 0) is 0 Å². The summed E-state index contributed by atoms with van der Waals surface area (Å²) in [5, 5.41) is 12.0. The molecule has 0 aliphatic carbocycles. The van der Waals surface area contributed by atoms with Crippen LogP contribution in [0, 0.1) is 5.82 Å². The Balaban J connectivity index is 2.85. The second-order valence-electron chi connectivity index (χ2n) is 2.57. The van der Waals surface area contributed by atoms with Gasteiger partial charge in [0.2, 0.25) is 0 Å². The van der Waals surface area contributed by atoms with Crippen LogP contribution in [0.15, 0.2) is 22.4 Å². The maximum absolute atomic E-state index is 13.0. The summed E-state index contributed by atoms with van der Waals surface area (Å²) in [6.45, 7) is 0. The first-order chi connectivity index (χ1) is 6.24. The molecule has 0 amide bonds. The highest BCUT2D eigenvalue weighted by molar-refractivity contribution is 7.99. The highest BCUT2D eigenvalue weighted by Crippen LogP contribution is 2.38. The number of rotatable bonds is 1. The van der Waals surface area contributed by atoms with Crippen molar-refractivity contribution in [2.45, 2.75) is 4.90 Å². The van der Waals surface area contributed by atoms with Gasteiger partial charge in [0, 0.05) is 15.0 Å². The zero-order valence-electron chi connectivity index (χ0n) is 6.87. The minimum atomic E-state index is -0.554. The first kappa shape index (κ1) is 8.84. The van der Waals surface area contributed by atoms with E-state index in [1.807, 2.05) is 11.6 Å². The van der Waals surface area contributed by atoms with Crippen molar-refractivity contribution in [2.24, 2.45) is 0 Å². The molecule has 0 bridgehead atoms. The van der Waals surface area contributed by atoms with Gasteiger partial charge >= 0.3 is 0 Å². The summed E-state index contributed by atoms with van der Waals surface area (Å²) in [4.78, 5) is 0.928. The van der Waals surface area contributed by atoms with Gasteiger partial charge in [0.15, 0.2) is 11.6 Å². The van der Waals surface area contributed by atoms with Crippen molar-refractivity contribution in [1.29, 1.82) is 0 Å². The molecule has 0 radical (unpaired) electrons. The van der Waals surface area contributed by atoms with Crippen LogP contribution in [0.4, 0.5) is 4.39 Å². The first-order valence-electron chi connectivity index (χ1n) is 3.66. The van der Waals surface area contributed by atoms with E-state index in [4.69, 9.17) is 0 Å². The molecule has 1 heterocycles. The molecule has 0 saturated carbocycles. The zero-order valence-corrected chi connectivity index (χ0v) is 8.51. The van der Waals surface area contributed by atoms with Crippen LogP contribution in [0.1, 0.15) is 0 Å². The molecule has 0 aliphatic heterocycles. The van der Waals surface area contributed by atoms with Gasteiger partial charge in [0.1, 0.15) is 0 Å². The minimum Gasteiger partial charge on any atom is -0.504 e. The quantitative estimate of drug-likeness (QED) is 0.733.